The third-order valence-corrected chi connectivity index (χ3v) is 3.78. The second kappa shape index (κ2) is 8.74. The number of nitrogen functional groups attached to an aromatic ring is 1. The number of rotatable bonds is 8. The van der Waals surface area contributed by atoms with Crippen LogP contribution in [0.25, 0.3) is 0 Å². The van der Waals surface area contributed by atoms with E-state index < -0.39 is 0 Å². The molecule has 0 fully saturated rings. The summed E-state index contributed by atoms with van der Waals surface area (Å²) in [5.41, 5.74) is 8.12. The number of benzene rings is 1. The van der Waals surface area contributed by atoms with E-state index in [1.165, 1.54) is 12.2 Å². The first-order valence-corrected chi connectivity index (χ1v) is 8.29. The summed E-state index contributed by atoms with van der Waals surface area (Å²) in [5.74, 6) is 1.14. The highest BCUT2D eigenvalue weighted by Gasteiger charge is 2.08. The first-order chi connectivity index (χ1) is 9.56. The van der Waals surface area contributed by atoms with E-state index in [1.807, 2.05) is 42.9 Å². The number of carbonyl (C=O) groups excluding carboxylic acids is 1. The average molecular weight is 295 g/mol. The van der Waals surface area contributed by atoms with Gasteiger partial charge < -0.3 is 16.0 Å². The number of unbranched alkanes of at least 4 members (excludes halogenated alkanes) is 2. The van der Waals surface area contributed by atoms with Gasteiger partial charge in [-0.25, -0.2) is 0 Å². The van der Waals surface area contributed by atoms with E-state index in [9.17, 15) is 4.79 Å². The highest BCUT2D eigenvalue weighted by Crippen LogP contribution is 2.22. The zero-order valence-corrected chi connectivity index (χ0v) is 13.4. The molecule has 0 aliphatic heterocycles. The fourth-order valence-corrected chi connectivity index (χ4v) is 2.45. The molecule has 1 rings (SSSR count). The van der Waals surface area contributed by atoms with Crippen molar-refractivity contribution in [2.45, 2.75) is 19.3 Å². The van der Waals surface area contributed by atoms with E-state index in [0.29, 0.717) is 11.3 Å². The van der Waals surface area contributed by atoms with Crippen LogP contribution in [0.3, 0.4) is 0 Å². The van der Waals surface area contributed by atoms with E-state index in [1.54, 1.807) is 6.07 Å². The third kappa shape index (κ3) is 5.33. The molecule has 0 spiro atoms. The van der Waals surface area contributed by atoms with Crippen LogP contribution in [0.15, 0.2) is 18.2 Å². The molecule has 0 bridgehead atoms. The van der Waals surface area contributed by atoms with Crippen molar-refractivity contribution in [1.29, 1.82) is 0 Å². The van der Waals surface area contributed by atoms with Crippen molar-refractivity contribution in [2.75, 3.05) is 43.3 Å². The van der Waals surface area contributed by atoms with Gasteiger partial charge in [0.1, 0.15) is 0 Å². The van der Waals surface area contributed by atoms with Crippen LogP contribution in [0, 0.1) is 0 Å². The minimum atomic E-state index is -0.0492. The highest BCUT2D eigenvalue weighted by molar-refractivity contribution is 7.98. The summed E-state index contributed by atoms with van der Waals surface area (Å²) >= 11 is 1.86. The molecular weight excluding hydrogens is 270 g/mol. The molecule has 3 N–H and O–H groups in total. The Kier molecular flexibility index (Phi) is 7.30. The predicted octanol–water partition coefficient (Wildman–Crippen LogP) is 2.60. The summed E-state index contributed by atoms with van der Waals surface area (Å²) in [6, 6.07) is 5.43. The maximum absolute atomic E-state index is 12.0. The summed E-state index contributed by atoms with van der Waals surface area (Å²) in [7, 11) is 3.86. The molecule has 0 atom stereocenters. The van der Waals surface area contributed by atoms with Crippen molar-refractivity contribution < 1.29 is 4.79 Å². The molecule has 0 saturated heterocycles. The Labute approximate surface area is 126 Å². The van der Waals surface area contributed by atoms with Gasteiger partial charge in [0.25, 0.3) is 5.91 Å². The van der Waals surface area contributed by atoms with E-state index in [-0.39, 0.29) is 5.91 Å². The number of anilines is 2. The number of thioether (sulfide) groups is 1. The lowest BCUT2D eigenvalue weighted by Crippen LogP contribution is -2.24. The summed E-state index contributed by atoms with van der Waals surface area (Å²) in [5, 5.41) is 2.94. The van der Waals surface area contributed by atoms with Gasteiger partial charge in [-0.2, -0.15) is 11.8 Å². The Morgan fingerprint density at radius 1 is 1.30 bits per heavy atom. The largest absolute Gasteiger partial charge is 0.397 e. The van der Waals surface area contributed by atoms with Crippen molar-refractivity contribution in [1.82, 2.24) is 5.32 Å². The molecule has 20 heavy (non-hydrogen) atoms. The van der Waals surface area contributed by atoms with Crippen molar-refractivity contribution in [3.8, 4) is 0 Å². The highest BCUT2D eigenvalue weighted by atomic mass is 32.2. The van der Waals surface area contributed by atoms with Crippen LogP contribution < -0.4 is 16.0 Å². The van der Waals surface area contributed by atoms with Gasteiger partial charge in [-0.3, -0.25) is 4.79 Å². The molecular formula is C15H25N3OS. The number of carbonyl (C=O) groups is 1. The number of nitrogens with one attached hydrogen (secondary N) is 1. The second-order valence-corrected chi connectivity index (χ2v) is 5.96. The zero-order valence-electron chi connectivity index (χ0n) is 12.6. The van der Waals surface area contributed by atoms with Crippen molar-refractivity contribution in [3.63, 3.8) is 0 Å². The summed E-state index contributed by atoms with van der Waals surface area (Å²) in [6.07, 6.45) is 5.51. The topological polar surface area (TPSA) is 58.4 Å². The maximum atomic E-state index is 12.0. The Bertz CT molecular complexity index is 435. The van der Waals surface area contributed by atoms with Crippen LogP contribution in [0.5, 0.6) is 0 Å². The molecule has 0 radical (unpaired) electrons. The van der Waals surface area contributed by atoms with Gasteiger partial charge in [0.2, 0.25) is 0 Å². The molecule has 0 saturated carbocycles. The molecule has 0 unspecified atom stereocenters. The zero-order chi connectivity index (χ0) is 15.0. The van der Waals surface area contributed by atoms with Gasteiger partial charge >= 0.3 is 0 Å². The maximum Gasteiger partial charge on any atom is 0.251 e. The van der Waals surface area contributed by atoms with Crippen LogP contribution in [0.2, 0.25) is 0 Å². The minimum absolute atomic E-state index is 0.0492. The standard InChI is InChI=1S/C15H25N3OS/c1-18(2)14-8-7-12(11-13(14)16)15(19)17-9-5-4-6-10-20-3/h7-8,11H,4-6,9-10,16H2,1-3H3,(H,17,19). The van der Waals surface area contributed by atoms with Gasteiger partial charge in [-0.05, 0) is 43.0 Å². The Morgan fingerprint density at radius 3 is 2.65 bits per heavy atom. The van der Waals surface area contributed by atoms with Crippen LogP contribution in [0.1, 0.15) is 29.6 Å². The van der Waals surface area contributed by atoms with Gasteiger partial charge in [-0.1, -0.05) is 6.42 Å². The van der Waals surface area contributed by atoms with E-state index >= 15 is 0 Å². The Morgan fingerprint density at radius 2 is 2.05 bits per heavy atom. The van der Waals surface area contributed by atoms with Gasteiger partial charge in [0.05, 0.1) is 11.4 Å². The van der Waals surface area contributed by atoms with Gasteiger partial charge in [0.15, 0.2) is 0 Å². The monoisotopic (exact) mass is 295 g/mol. The number of hydrogen-bond donors (Lipinski definition) is 2. The summed E-state index contributed by atoms with van der Waals surface area (Å²) in [6.45, 7) is 0.725. The van der Waals surface area contributed by atoms with Crippen molar-refractivity contribution in [3.05, 3.63) is 23.8 Å². The molecule has 0 heterocycles. The number of hydrogen-bond acceptors (Lipinski definition) is 4. The average Bonchev–Trinajstić information content (AvgIpc) is 2.41. The number of nitrogens with two attached hydrogens (primary N) is 1. The second-order valence-electron chi connectivity index (χ2n) is 4.98. The van der Waals surface area contributed by atoms with E-state index in [2.05, 4.69) is 11.6 Å². The van der Waals surface area contributed by atoms with Crippen LogP contribution in [0.4, 0.5) is 11.4 Å². The SMILES string of the molecule is CSCCCCCNC(=O)c1ccc(N(C)C)c(N)c1. The van der Waals surface area contributed by atoms with E-state index in [4.69, 9.17) is 5.73 Å². The molecule has 0 aliphatic carbocycles. The predicted molar refractivity (Wildman–Crippen MR) is 89.7 cm³/mol. The van der Waals surface area contributed by atoms with E-state index in [0.717, 1.165) is 25.1 Å². The molecule has 1 aromatic rings. The van der Waals surface area contributed by atoms with Crippen LogP contribution >= 0.6 is 11.8 Å². The molecule has 112 valence electrons. The fraction of sp³-hybridized carbons (Fsp3) is 0.533. The first kappa shape index (κ1) is 16.7. The fourth-order valence-electron chi connectivity index (χ4n) is 1.96. The quantitative estimate of drug-likeness (QED) is 0.572. The summed E-state index contributed by atoms with van der Waals surface area (Å²) in [4.78, 5) is 13.9. The lowest BCUT2D eigenvalue weighted by atomic mass is 10.1. The molecule has 1 amide bonds. The van der Waals surface area contributed by atoms with Gasteiger partial charge in [-0.15, -0.1) is 0 Å². The Balaban J connectivity index is 2.42. The van der Waals surface area contributed by atoms with Crippen LogP contribution in [-0.2, 0) is 0 Å². The lowest BCUT2D eigenvalue weighted by Gasteiger charge is -2.15. The molecule has 1 aromatic carbocycles. The molecule has 5 heteroatoms. The molecule has 0 aliphatic rings. The minimum Gasteiger partial charge on any atom is -0.397 e. The Hall–Kier alpha value is -1.36. The normalized spacial score (nSPS) is 10.3. The first-order valence-electron chi connectivity index (χ1n) is 6.90. The smallest absolute Gasteiger partial charge is 0.251 e. The van der Waals surface area contributed by atoms with Crippen LogP contribution in [-0.4, -0.2) is 38.6 Å². The third-order valence-electron chi connectivity index (χ3n) is 3.08. The van der Waals surface area contributed by atoms with Gasteiger partial charge in [0, 0.05) is 26.2 Å². The summed E-state index contributed by atoms with van der Waals surface area (Å²) < 4.78 is 0. The van der Waals surface area contributed by atoms with Crippen molar-refractivity contribution in [2.24, 2.45) is 0 Å². The number of amides is 1. The lowest BCUT2D eigenvalue weighted by molar-refractivity contribution is 0.0953. The van der Waals surface area contributed by atoms with Crippen molar-refractivity contribution >= 4 is 29.0 Å². The number of nitrogens with zero attached hydrogens (tertiary/aromatic N) is 1. The molecule has 4 nitrogen and oxygen atoms in total. The molecule has 0 aromatic heterocycles.